The molecule has 2 aromatic carbocycles. The molecule has 0 aliphatic carbocycles. The molecule has 1 amide bonds. The minimum absolute atomic E-state index is 0.0755. The highest BCUT2D eigenvalue weighted by Gasteiger charge is 2.26. The third-order valence-corrected chi connectivity index (χ3v) is 4.17. The van der Waals surface area contributed by atoms with Gasteiger partial charge in [0.15, 0.2) is 11.6 Å². The number of ether oxygens (including phenoxy) is 1. The van der Waals surface area contributed by atoms with E-state index in [0.29, 0.717) is 15.6 Å². The maximum atomic E-state index is 13.7. The number of amides is 1. The number of halogens is 4. The van der Waals surface area contributed by atoms with Gasteiger partial charge in [0.25, 0.3) is 5.91 Å². The fourth-order valence-corrected chi connectivity index (χ4v) is 2.73. The fraction of sp³-hybridized carbons (Fsp3) is 0.176. The maximum absolute atomic E-state index is 13.7. The first-order chi connectivity index (χ1) is 11.8. The average molecular weight is 388 g/mol. The van der Waals surface area contributed by atoms with Gasteiger partial charge in [-0.15, -0.1) is 0 Å². The lowest BCUT2D eigenvalue weighted by molar-refractivity contribution is -0.142. The number of rotatable bonds is 5. The summed E-state index contributed by atoms with van der Waals surface area (Å²) in [6.45, 7) is 0. The van der Waals surface area contributed by atoms with Gasteiger partial charge in [0.05, 0.1) is 12.7 Å². The Morgan fingerprint density at radius 2 is 1.72 bits per heavy atom. The van der Waals surface area contributed by atoms with Crippen molar-refractivity contribution in [3.8, 4) is 0 Å². The first-order valence-corrected chi connectivity index (χ1v) is 7.86. The van der Waals surface area contributed by atoms with Crippen LogP contribution in [-0.4, -0.2) is 25.0 Å². The molecule has 0 saturated heterocycles. The Kier molecular flexibility index (Phi) is 6.33. The molecular formula is C17H13Cl2F2NO3. The Morgan fingerprint density at radius 3 is 2.32 bits per heavy atom. The Balaban J connectivity index is 2.28. The fourth-order valence-electron chi connectivity index (χ4n) is 2.18. The van der Waals surface area contributed by atoms with Crippen LogP contribution in [-0.2, 0) is 16.0 Å². The van der Waals surface area contributed by atoms with E-state index in [-0.39, 0.29) is 6.42 Å². The number of methoxy groups -OCH3 is 1. The molecule has 0 aliphatic heterocycles. The van der Waals surface area contributed by atoms with Crippen LogP contribution in [0.1, 0.15) is 15.9 Å². The van der Waals surface area contributed by atoms with Crippen LogP contribution in [0, 0.1) is 11.6 Å². The zero-order valence-electron chi connectivity index (χ0n) is 13.0. The topological polar surface area (TPSA) is 55.4 Å². The SMILES string of the molecule is COC(=O)[C@H](Cc1c(Cl)cccc1Cl)NC(=O)c1cccc(F)c1F. The summed E-state index contributed by atoms with van der Waals surface area (Å²) in [4.78, 5) is 24.2. The Hall–Kier alpha value is -2.18. The van der Waals surface area contributed by atoms with Crippen LogP contribution < -0.4 is 5.32 Å². The molecule has 4 nitrogen and oxygen atoms in total. The molecule has 1 N–H and O–H groups in total. The second kappa shape index (κ2) is 8.27. The molecule has 0 fully saturated rings. The number of benzene rings is 2. The summed E-state index contributed by atoms with van der Waals surface area (Å²) in [5, 5.41) is 2.91. The van der Waals surface area contributed by atoms with Crippen LogP contribution >= 0.6 is 23.2 Å². The standard InChI is InChI=1S/C17H13Cl2F2NO3/c1-25-17(24)14(8-10-11(18)5-3-6-12(10)19)22-16(23)9-4-2-7-13(20)15(9)21/h2-7,14H,8H2,1H3,(H,22,23)/t14-/m0/s1. The number of nitrogens with one attached hydrogen (secondary N) is 1. The molecule has 0 saturated carbocycles. The summed E-state index contributed by atoms with van der Waals surface area (Å²) in [6.07, 6.45) is -0.0755. The van der Waals surface area contributed by atoms with Gasteiger partial charge in [0.2, 0.25) is 0 Å². The third kappa shape index (κ3) is 4.46. The smallest absolute Gasteiger partial charge is 0.328 e. The van der Waals surface area contributed by atoms with Gasteiger partial charge in [-0.1, -0.05) is 35.3 Å². The van der Waals surface area contributed by atoms with Crippen molar-refractivity contribution in [1.82, 2.24) is 5.32 Å². The van der Waals surface area contributed by atoms with Gasteiger partial charge in [0, 0.05) is 16.5 Å². The summed E-state index contributed by atoms with van der Waals surface area (Å²) >= 11 is 12.1. The van der Waals surface area contributed by atoms with Crippen molar-refractivity contribution in [2.45, 2.75) is 12.5 Å². The number of esters is 1. The molecular weight excluding hydrogens is 375 g/mol. The van der Waals surface area contributed by atoms with Gasteiger partial charge in [0.1, 0.15) is 6.04 Å². The van der Waals surface area contributed by atoms with Gasteiger partial charge < -0.3 is 10.1 Å². The summed E-state index contributed by atoms with van der Waals surface area (Å²) in [5.41, 5.74) is -0.111. The largest absolute Gasteiger partial charge is 0.467 e. The normalized spacial score (nSPS) is 11.7. The summed E-state index contributed by atoms with van der Waals surface area (Å²) < 4.78 is 31.7. The van der Waals surface area contributed by atoms with Gasteiger partial charge in [-0.2, -0.15) is 0 Å². The maximum Gasteiger partial charge on any atom is 0.328 e. The molecule has 0 aromatic heterocycles. The molecule has 0 aliphatic rings. The highest BCUT2D eigenvalue weighted by molar-refractivity contribution is 6.36. The van der Waals surface area contributed by atoms with E-state index in [1.165, 1.54) is 6.07 Å². The van der Waals surface area contributed by atoms with Crippen molar-refractivity contribution in [3.63, 3.8) is 0 Å². The molecule has 0 unspecified atom stereocenters. The lowest BCUT2D eigenvalue weighted by Gasteiger charge is -2.18. The van der Waals surface area contributed by atoms with Crippen LogP contribution in [0.5, 0.6) is 0 Å². The third-order valence-electron chi connectivity index (χ3n) is 3.46. The lowest BCUT2D eigenvalue weighted by Crippen LogP contribution is -2.43. The van der Waals surface area contributed by atoms with E-state index in [4.69, 9.17) is 23.2 Å². The molecule has 1 atom stereocenters. The average Bonchev–Trinajstić information content (AvgIpc) is 2.58. The van der Waals surface area contributed by atoms with Gasteiger partial charge in [-0.05, 0) is 29.8 Å². The molecule has 25 heavy (non-hydrogen) atoms. The first-order valence-electron chi connectivity index (χ1n) is 7.10. The van der Waals surface area contributed by atoms with Gasteiger partial charge in [-0.25, -0.2) is 13.6 Å². The number of hydrogen-bond acceptors (Lipinski definition) is 3. The van der Waals surface area contributed by atoms with Crippen molar-refractivity contribution >= 4 is 35.1 Å². The van der Waals surface area contributed by atoms with Gasteiger partial charge >= 0.3 is 5.97 Å². The Morgan fingerprint density at radius 1 is 1.12 bits per heavy atom. The predicted octanol–water partition coefficient (Wildman–Crippen LogP) is 3.79. The zero-order valence-corrected chi connectivity index (χ0v) is 14.5. The van der Waals surface area contributed by atoms with E-state index in [1.54, 1.807) is 18.2 Å². The number of hydrogen-bond donors (Lipinski definition) is 1. The second-order valence-corrected chi connectivity index (χ2v) is 5.87. The quantitative estimate of drug-likeness (QED) is 0.794. The molecule has 0 spiro atoms. The second-order valence-electron chi connectivity index (χ2n) is 5.05. The van der Waals surface area contributed by atoms with E-state index in [9.17, 15) is 18.4 Å². The molecule has 0 heterocycles. The highest BCUT2D eigenvalue weighted by atomic mass is 35.5. The minimum atomic E-state index is -1.31. The van der Waals surface area contributed by atoms with Crippen molar-refractivity contribution < 1.29 is 23.1 Å². The van der Waals surface area contributed by atoms with Crippen molar-refractivity contribution in [2.75, 3.05) is 7.11 Å². The Labute approximate surface area is 152 Å². The van der Waals surface area contributed by atoms with E-state index in [0.717, 1.165) is 19.2 Å². The Bertz CT molecular complexity index is 794. The monoisotopic (exact) mass is 387 g/mol. The van der Waals surface area contributed by atoms with E-state index >= 15 is 0 Å². The molecule has 0 bridgehead atoms. The summed E-state index contributed by atoms with van der Waals surface area (Å²) in [5.74, 6) is -4.22. The molecule has 132 valence electrons. The van der Waals surface area contributed by atoms with Crippen LogP contribution in [0.4, 0.5) is 8.78 Å². The van der Waals surface area contributed by atoms with Crippen molar-refractivity contribution in [3.05, 3.63) is 69.2 Å². The summed E-state index contributed by atoms with van der Waals surface area (Å²) in [6, 6.07) is 6.76. The highest BCUT2D eigenvalue weighted by Crippen LogP contribution is 2.26. The number of carbonyl (C=O) groups excluding carboxylic acids is 2. The van der Waals surface area contributed by atoms with Crippen LogP contribution in [0.15, 0.2) is 36.4 Å². The molecule has 2 rings (SSSR count). The molecule has 2 aromatic rings. The summed E-state index contributed by atoms with van der Waals surface area (Å²) in [7, 11) is 1.14. The van der Waals surface area contributed by atoms with E-state index in [2.05, 4.69) is 10.1 Å². The van der Waals surface area contributed by atoms with E-state index < -0.39 is 35.1 Å². The number of carbonyl (C=O) groups is 2. The predicted molar refractivity (Wildman–Crippen MR) is 89.8 cm³/mol. The minimum Gasteiger partial charge on any atom is -0.467 e. The first kappa shape index (κ1) is 19.1. The molecule has 8 heteroatoms. The molecule has 0 radical (unpaired) electrons. The van der Waals surface area contributed by atoms with E-state index in [1.807, 2.05) is 0 Å². The van der Waals surface area contributed by atoms with Gasteiger partial charge in [-0.3, -0.25) is 4.79 Å². The van der Waals surface area contributed by atoms with Crippen LogP contribution in [0.25, 0.3) is 0 Å². The van der Waals surface area contributed by atoms with Crippen LogP contribution in [0.3, 0.4) is 0 Å². The van der Waals surface area contributed by atoms with Crippen LogP contribution in [0.2, 0.25) is 10.0 Å². The zero-order chi connectivity index (χ0) is 18.6. The van der Waals surface area contributed by atoms with Crippen molar-refractivity contribution in [1.29, 1.82) is 0 Å². The lowest BCUT2D eigenvalue weighted by atomic mass is 10.0. The van der Waals surface area contributed by atoms with Crippen molar-refractivity contribution in [2.24, 2.45) is 0 Å².